The van der Waals surface area contributed by atoms with Crippen LogP contribution in [0.25, 0.3) is 6.08 Å². The molecule has 0 aliphatic carbocycles. The average molecular weight is 183 g/mol. The Bertz CT molecular complexity index is 302. The molecular weight excluding hydrogens is 170 g/mol. The first-order chi connectivity index (χ1) is 6.13. The third-order valence-corrected chi connectivity index (χ3v) is 1.38. The molecule has 5 heteroatoms. The first-order valence-electron chi connectivity index (χ1n) is 3.98. The van der Waals surface area contributed by atoms with Gasteiger partial charge in [-0.05, 0) is 13.8 Å². The summed E-state index contributed by atoms with van der Waals surface area (Å²) in [5.41, 5.74) is 6.53. The second kappa shape index (κ2) is 4.15. The van der Waals surface area contributed by atoms with Crippen LogP contribution in [-0.2, 0) is 0 Å². The largest absolute Gasteiger partial charge is 0.420 e. The van der Waals surface area contributed by atoms with Gasteiger partial charge in [0.25, 0.3) is 0 Å². The van der Waals surface area contributed by atoms with Crippen LogP contribution >= 0.6 is 0 Å². The summed E-state index contributed by atoms with van der Waals surface area (Å²) >= 11 is 0. The fraction of sp³-hybridized carbons (Fsp3) is 0.500. The molecule has 1 atom stereocenters. The molecule has 5 nitrogen and oxygen atoms in total. The van der Waals surface area contributed by atoms with E-state index in [-0.39, 0.29) is 12.5 Å². The number of aromatic nitrogens is 2. The monoisotopic (exact) mass is 183 g/mol. The van der Waals surface area contributed by atoms with Crippen molar-refractivity contribution in [3.8, 4) is 0 Å². The molecule has 3 N–H and O–H groups in total. The average Bonchev–Trinajstić information content (AvgIpc) is 2.50. The molecule has 13 heavy (non-hydrogen) atoms. The summed E-state index contributed by atoms with van der Waals surface area (Å²) in [4.78, 5) is 0. The summed E-state index contributed by atoms with van der Waals surface area (Å²) in [7, 11) is 0. The van der Waals surface area contributed by atoms with Gasteiger partial charge in [-0.1, -0.05) is 5.57 Å². The van der Waals surface area contributed by atoms with Gasteiger partial charge < -0.3 is 15.3 Å². The maximum absolute atomic E-state index is 8.71. The van der Waals surface area contributed by atoms with E-state index in [9.17, 15) is 0 Å². The third kappa shape index (κ3) is 2.64. The molecule has 0 aliphatic heterocycles. The van der Waals surface area contributed by atoms with Crippen molar-refractivity contribution >= 4 is 6.08 Å². The Morgan fingerprint density at radius 3 is 2.85 bits per heavy atom. The first-order valence-corrected chi connectivity index (χ1v) is 3.98. The highest BCUT2D eigenvalue weighted by molar-refractivity contribution is 5.40. The van der Waals surface area contributed by atoms with E-state index >= 15 is 0 Å². The maximum atomic E-state index is 8.71. The molecule has 1 aromatic rings. The van der Waals surface area contributed by atoms with Gasteiger partial charge in [0.2, 0.25) is 11.8 Å². The van der Waals surface area contributed by atoms with Gasteiger partial charge in [0.15, 0.2) is 0 Å². The second-order valence-electron chi connectivity index (χ2n) is 2.99. The van der Waals surface area contributed by atoms with Crippen molar-refractivity contribution < 1.29 is 9.52 Å². The van der Waals surface area contributed by atoms with Crippen LogP contribution in [0.15, 0.2) is 9.99 Å². The molecule has 0 spiro atoms. The number of nitrogens with two attached hydrogens (primary N) is 1. The Balaban J connectivity index is 2.80. The number of hydrogen-bond donors (Lipinski definition) is 2. The van der Waals surface area contributed by atoms with E-state index < -0.39 is 6.04 Å². The lowest BCUT2D eigenvalue weighted by atomic mass is 10.3. The Labute approximate surface area is 76.3 Å². The molecule has 0 aromatic carbocycles. The van der Waals surface area contributed by atoms with Crippen LogP contribution in [0.3, 0.4) is 0 Å². The molecule has 0 radical (unpaired) electrons. The van der Waals surface area contributed by atoms with Gasteiger partial charge in [-0.3, -0.25) is 0 Å². The van der Waals surface area contributed by atoms with Crippen LogP contribution in [0.5, 0.6) is 0 Å². The minimum atomic E-state index is -0.591. The molecule has 1 rings (SSSR count). The quantitative estimate of drug-likeness (QED) is 0.712. The highest BCUT2D eigenvalue weighted by Gasteiger charge is 2.11. The lowest BCUT2D eigenvalue weighted by molar-refractivity contribution is 0.247. The van der Waals surface area contributed by atoms with Crippen molar-refractivity contribution in [2.75, 3.05) is 6.61 Å². The number of hydrogen-bond acceptors (Lipinski definition) is 5. The molecule has 72 valence electrons. The zero-order valence-corrected chi connectivity index (χ0v) is 7.69. The zero-order chi connectivity index (χ0) is 9.84. The van der Waals surface area contributed by atoms with E-state index in [1.54, 1.807) is 6.08 Å². The zero-order valence-electron chi connectivity index (χ0n) is 7.69. The fourth-order valence-corrected chi connectivity index (χ4v) is 0.780. The van der Waals surface area contributed by atoms with Crippen LogP contribution in [-0.4, -0.2) is 21.9 Å². The Morgan fingerprint density at radius 2 is 2.31 bits per heavy atom. The van der Waals surface area contributed by atoms with Crippen molar-refractivity contribution in [3.63, 3.8) is 0 Å². The van der Waals surface area contributed by atoms with Crippen molar-refractivity contribution in [2.24, 2.45) is 5.73 Å². The van der Waals surface area contributed by atoms with Crippen LogP contribution in [0, 0.1) is 0 Å². The van der Waals surface area contributed by atoms with Crippen molar-refractivity contribution in [2.45, 2.75) is 19.9 Å². The smallest absolute Gasteiger partial charge is 0.240 e. The molecule has 0 saturated heterocycles. The first kappa shape index (κ1) is 9.88. The molecule has 1 aromatic heterocycles. The topological polar surface area (TPSA) is 85.2 Å². The molecule has 0 bridgehead atoms. The summed E-state index contributed by atoms with van der Waals surface area (Å²) in [6.07, 6.45) is 1.75. The Hall–Kier alpha value is -1.20. The summed E-state index contributed by atoms with van der Waals surface area (Å²) in [5, 5.41) is 16.1. The summed E-state index contributed by atoms with van der Waals surface area (Å²) in [6.45, 7) is 3.65. The third-order valence-electron chi connectivity index (χ3n) is 1.38. The van der Waals surface area contributed by atoms with Crippen LogP contribution in [0.4, 0.5) is 0 Å². The van der Waals surface area contributed by atoms with Crippen molar-refractivity contribution in [3.05, 3.63) is 17.4 Å². The van der Waals surface area contributed by atoms with Crippen LogP contribution < -0.4 is 5.73 Å². The Kier molecular flexibility index (Phi) is 3.16. The summed E-state index contributed by atoms with van der Waals surface area (Å²) in [6, 6.07) is -0.591. The van der Waals surface area contributed by atoms with Gasteiger partial charge in [0.1, 0.15) is 6.04 Å². The van der Waals surface area contributed by atoms with Crippen LogP contribution in [0.2, 0.25) is 0 Å². The van der Waals surface area contributed by atoms with E-state index in [1.165, 1.54) is 0 Å². The molecule has 1 heterocycles. The normalized spacial score (nSPS) is 12.6. The lowest BCUT2D eigenvalue weighted by Gasteiger charge is -1.98. The standard InChI is InChI=1S/C8H13N3O2/c1-5(2)3-7-10-11-8(13-7)6(9)4-12/h3,6,12H,4,9H2,1-2H3. The minimum Gasteiger partial charge on any atom is -0.420 e. The molecule has 0 amide bonds. The van der Waals surface area contributed by atoms with Gasteiger partial charge >= 0.3 is 0 Å². The fourth-order valence-electron chi connectivity index (χ4n) is 0.780. The molecule has 0 fully saturated rings. The van der Waals surface area contributed by atoms with E-state index in [4.69, 9.17) is 15.3 Å². The predicted molar refractivity (Wildman–Crippen MR) is 47.6 cm³/mol. The lowest BCUT2D eigenvalue weighted by Crippen LogP contribution is -2.14. The number of aliphatic hydroxyl groups excluding tert-OH is 1. The van der Waals surface area contributed by atoms with Gasteiger partial charge in [0, 0.05) is 6.08 Å². The molecular formula is C8H13N3O2. The maximum Gasteiger partial charge on any atom is 0.240 e. The number of aliphatic hydroxyl groups is 1. The summed E-state index contributed by atoms with van der Waals surface area (Å²) in [5.74, 6) is 0.675. The SMILES string of the molecule is CC(C)=Cc1nnc(C(N)CO)o1. The minimum absolute atomic E-state index is 0.198. The molecule has 1 unspecified atom stereocenters. The second-order valence-corrected chi connectivity index (χ2v) is 2.99. The van der Waals surface area contributed by atoms with Crippen LogP contribution in [0.1, 0.15) is 31.7 Å². The van der Waals surface area contributed by atoms with Gasteiger partial charge in [-0.25, -0.2) is 0 Å². The van der Waals surface area contributed by atoms with E-state index in [1.807, 2.05) is 13.8 Å². The molecule has 0 aliphatic rings. The highest BCUT2D eigenvalue weighted by atomic mass is 16.4. The van der Waals surface area contributed by atoms with Gasteiger partial charge in [0.05, 0.1) is 6.61 Å². The summed E-state index contributed by atoms with van der Waals surface area (Å²) < 4.78 is 5.16. The highest BCUT2D eigenvalue weighted by Crippen LogP contribution is 2.10. The predicted octanol–water partition coefficient (Wildman–Crippen LogP) is 0.485. The molecule has 0 saturated carbocycles. The van der Waals surface area contributed by atoms with E-state index in [0.29, 0.717) is 5.89 Å². The van der Waals surface area contributed by atoms with E-state index in [0.717, 1.165) is 5.57 Å². The van der Waals surface area contributed by atoms with Gasteiger partial charge in [-0.15, -0.1) is 10.2 Å². The van der Waals surface area contributed by atoms with Crippen molar-refractivity contribution in [1.82, 2.24) is 10.2 Å². The van der Waals surface area contributed by atoms with Gasteiger partial charge in [-0.2, -0.15) is 0 Å². The van der Waals surface area contributed by atoms with Crippen molar-refractivity contribution in [1.29, 1.82) is 0 Å². The van der Waals surface area contributed by atoms with E-state index in [2.05, 4.69) is 10.2 Å². The number of allylic oxidation sites excluding steroid dienone is 1. The Morgan fingerprint density at radius 1 is 1.62 bits per heavy atom. The number of rotatable bonds is 3. The number of nitrogens with zero attached hydrogens (tertiary/aromatic N) is 2.